The van der Waals surface area contributed by atoms with Crippen LogP contribution in [0.5, 0.6) is 0 Å². The van der Waals surface area contributed by atoms with Gasteiger partial charge in [0.2, 0.25) is 0 Å². The molecular weight excluding hydrogens is 291 g/mol. The van der Waals surface area contributed by atoms with E-state index in [-0.39, 0.29) is 5.69 Å². The number of alkyl halides is 3. The van der Waals surface area contributed by atoms with Crippen LogP contribution in [0.4, 0.5) is 23.7 Å². The summed E-state index contributed by atoms with van der Waals surface area (Å²) >= 11 is 0. The highest BCUT2D eigenvalue weighted by Crippen LogP contribution is 2.23. The van der Waals surface area contributed by atoms with Crippen LogP contribution < -0.4 is 5.32 Å². The van der Waals surface area contributed by atoms with Crippen molar-refractivity contribution in [2.45, 2.75) is 19.1 Å². The first-order valence-electron chi connectivity index (χ1n) is 5.93. The number of amides is 2. The molecular formula is C12H14F3N3O3. The minimum absolute atomic E-state index is 0.150. The van der Waals surface area contributed by atoms with Gasteiger partial charge in [0, 0.05) is 19.2 Å². The van der Waals surface area contributed by atoms with E-state index >= 15 is 0 Å². The molecule has 116 valence electrons. The Morgan fingerprint density at radius 2 is 2.10 bits per heavy atom. The molecule has 0 spiro atoms. The summed E-state index contributed by atoms with van der Waals surface area (Å²) in [7, 11) is 1.31. The zero-order valence-electron chi connectivity index (χ0n) is 11.3. The number of halogens is 3. The summed E-state index contributed by atoms with van der Waals surface area (Å²) < 4.78 is 36.1. The third-order valence-electron chi connectivity index (χ3n) is 2.90. The number of hydrogen-bond donors (Lipinski definition) is 1. The van der Waals surface area contributed by atoms with Crippen molar-refractivity contribution < 1.29 is 22.9 Å². The molecule has 0 saturated heterocycles. The largest absolute Gasteiger partial charge is 0.405 e. The zero-order valence-corrected chi connectivity index (χ0v) is 11.3. The quantitative estimate of drug-likeness (QED) is 0.686. The van der Waals surface area contributed by atoms with Crippen molar-refractivity contribution in [2.24, 2.45) is 0 Å². The zero-order chi connectivity index (χ0) is 16.2. The second kappa shape index (κ2) is 6.42. The Kier molecular flexibility index (Phi) is 5.12. The number of carbonyl (C=O) groups is 1. The van der Waals surface area contributed by atoms with Gasteiger partial charge in [-0.15, -0.1) is 0 Å². The van der Waals surface area contributed by atoms with Crippen LogP contribution in [0.3, 0.4) is 0 Å². The molecule has 1 rings (SSSR count). The van der Waals surface area contributed by atoms with Crippen molar-refractivity contribution in [1.29, 1.82) is 0 Å². The molecule has 21 heavy (non-hydrogen) atoms. The van der Waals surface area contributed by atoms with Crippen molar-refractivity contribution in [3.05, 3.63) is 39.9 Å². The van der Waals surface area contributed by atoms with Gasteiger partial charge in [-0.05, 0) is 12.5 Å². The molecule has 1 aromatic carbocycles. The van der Waals surface area contributed by atoms with E-state index < -0.39 is 29.7 Å². The topological polar surface area (TPSA) is 75.5 Å². The third kappa shape index (κ3) is 4.93. The fraction of sp³-hybridized carbons (Fsp3) is 0.417. The number of nitrogens with zero attached hydrogens (tertiary/aromatic N) is 2. The Balaban J connectivity index is 2.78. The van der Waals surface area contributed by atoms with Gasteiger partial charge in [0.25, 0.3) is 5.69 Å². The van der Waals surface area contributed by atoms with E-state index in [9.17, 15) is 28.1 Å². The lowest BCUT2D eigenvalue weighted by Gasteiger charge is -2.25. The number of hydrogen-bond acceptors (Lipinski definition) is 3. The van der Waals surface area contributed by atoms with E-state index in [4.69, 9.17) is 0 Å². The second-order valence-corrected chi connectivity index (χ2v) is 4.41. The van der Waals surface area contributed by atoms with Gasteiger partial charge in [-0.2, -0.15) is 13.2 Å². The number of nitrogens with one attached hydrogen (secondary N) is 1. The Labute approximate surface area is 118 Å². The monoisotopic (exact) mass is 305 g/mol. The van der Waals surface area contributed by atoms with E-state index in [2.05, 4.69) is 0 Å². The maximum Gasteiger partial charge on any atom is 0.405 e. The van der Waals surface area contributed by atoms with Crippen molar-refractivity contribution in [1.82, 2.24) is 10.2 Å². The van der Waals surface area contributed by atoms with Gasteiger partial charge in [-0.25, -0.2) is 4.79 Å². The molecule has 0 heterocycles. The minimum atomic E-state index is -4.49. The van der Waals surface area contributed by atoms with Gasteiger partial charge in [-0.3, -0.25) is 10.1 Å². The molecule has 0 unspecified atom stereocenters. The standard InChI is InChI=1S/C12H14F3N3O3/c1-8(9-4-3-5-10(6-9)18(20)21)17(2)11(19)16-7-12(13,14)15/h3-6,8H,7H2,1-2H3,(H,16,19)/t8-/m0/s1. The summed E-state index contributed by atoms with van der Waals surface area (Å²) in [6.45, 7) is 0.129. The smallest absolute Gasteiger partial charge is 0.329 e. The number of benzene rings is 1. The Morgan fingerprint density at radius 1 is 1.48 bits per heavy atom. The second-order valence-electron chi connectivity index (χ2n) is 4.41. The van der Waals surface area contributed by atoms with Crippen molar-refractivity contribution in [3.63, 3.8) is 0 Å². The van der Waals surface area contributed by atoms with Gasteiger partial charge in [0.05, 0.1) is 11.0 Å². The number of nitro groups is 1. The van der Waals surface area contributed by atoms with E-state index in [1.165, 1.54) is 25.2 Å². The predicted molar refractivity (Wildman–Crippen MR) is 68.7 cm³/mol. The van der Waals surface area contributed by atoms with Crippen LogP contribution >= 0.6 is 0 Å². The summed E-state index contributed by atoms with van der Waals surface area (Å²) in [6.07, 6.45) is -4.49. The number of nitro benzene ring substituents is 1. The normalized spacial score (nSPS) is 12.6. The van der Waals surface area contributed by atoms with Crippen LogP contribution in [-0.2, 0) is 0 Å². The minimum Gasteiger partial charge on any atom is -0.329 e. The fourth-order valence-electron chi connectivity index (χ4n) is 1.60. The Bertz CT molecular complexity index is 534. The van der Waals surface area contributed by atoms with E-state index in [1.54, 1.807) is 18.3 Å². The average molecular weight is 305 g/mol. The first-order valence-corrected chi connectivity index (χ1v) is 5.93. The lowest BCUT2D eigenvalue weighted by Crippen LogP contribution is -2.42. The Hall–Kier alpha value is -2.32. The van der Waals surface area contributed by atoms with Crippen LogP contribution in [-0.4, -0.2) is 35.6 Å². The van der Waals surface area contributed by atoms with Crippen molar-refractivity contribution >= 4 is 11.7 Å². The van der Waals surface area contributed by atoms with E-state index in [1.807, 2.05) is 0 Å². The molecule has 1 N–H and O–H groups in total. The summed E-state index contributed by atoms with van der Waals surface area (Å²) in [6, 6.07) is 4.05. The van der Waals surface area contributed by atoms with Crippen LogP contribution in [0.15, 0.2) is 24.3 Å². The highest BCUT2D eigenvalue weighted by Gasteiger charge is 2.29. The molecule has 0 fully saturated rings. The Morgan fingerprint density at radius 3 is 2.62 bits per heavy atom. The number of rotatable bonds is 4. The maximum absolute atomic E-state index is 12.0. The van der Waals surface area contributed by atoms with Crippen LogP contribution in [0, 0.1) is 10.1 Å². The number of non-ortho nitro benzene ring substituents is 1. The maximum atomic E-state index is 12.0. The first-order chi connectivity index (χ1) is 9.61. The molecule has 0 radical (unpaired) electrons. The van der Waals surface area contributed by atoms with E-state index in [0.29, 0.717) is 5.56 Å². The molecule has 2 amide bonds. The van der Waals surface area contributed by atoms with E-state index in [0.717, 1.165) is 4.90 Å². The summed E-state index contributed by atoms with van der Waals surface area (Å²) in [5.41, 5.74) is 0.303. The van der Waals surface area contributed by atoms with Crippen LogP contribution in [0.1, 0.15) is 18.5 Å². The van der Waals surface area contributed by atoms with Gasteiger partial charge >= 0.3 is 12.2 Å². The molecule has 0 aromatic heterocycles. The van der Waals surface area contributed by atoms with Crippen molar-refractivity contribution in [3.8, 4) is 0 Å². The molecule has 1 aromatic rings. The van der Waals surface area contributed by atoms with Gasteiger partial charge in [0.15, 0.2) is 0 Å². The molecule has 0 aliphatic heterocycles. The molecule has 0 bridgehead atoms. The third-order valence-corrected chi connectivity index (χ3v) is 2.90. The fourth-order valence-corrected chi connectivity index (χ4v) is 1.60. The highest BCUT2D eigenvalue weighted by atomic mass is 19.4. The molecule has 6 nitrogen and oxygen atoms in total. The SMILES string of the molecule is C[C@@H](c1cccc([N+](=O)[O-])c1)N(C)C(=O)NCC(F)(F)F. The average Bonchev–Trinajstić information content (AvgIpc) is 2.42. The first kappa shape index (κ1) is 16.7. The molecule has 1 atom stereocenters. The lowest BCUT2D eigenvalue weighted by molar-refractivity contribution is -0.384. The molecule has 0 saturated carbocycles. The van der Waals surface area contributed by atoms with Gasteiger partial charge in [0.1, 0.15) is 6.54 Å². The number of urea groups is 1. The molecule has 0 aliphatic carbocycles. The van der Waals surface area contributed by atoms with Crippen LogP contribution in [0.25, 0.3) is 0 Å². The molecule has 0 aliphatic rings. The summed E-state index contributed by atoms with van der Waals surface area (Å²) in [5.74, 6) is 0. The predicted octanol–water partition coefficient (Wildman–Crippen LogP) is 2.86. The lowest BCUT2D eigenvalue weighted by atomic mass is 10.1. The van der Waals surface area contributed by atoms with Crippen molar-refractivity contribution in [2.75, 3.05) is 13.6 Å². The summed E-state index contributed by atoms with van der Waals surface area (Å²) in [5, 5.41) is 12.4. The van der Waals surface area contributed by atoms with Gasteiger partial charge in [-0.1, -0.05) is 12.1 Å². The molecule has 9 heteroatoms. The summed E-state index contributed by atoms with van der Waals surface area (Å²) in [4.78, 5) is 22.7. The van der Waals surface area contributed by atoms with Gasteiger partial charge < -0.3 is 10.2 Å². The highest BCUT2D eigenvalue weighted by molar-refractivity contribution is 5.74. The van der Waals surface area contributed by atoms with Crippen LogP contribution in [0.2, 0.25) is 0 Å². The number of carbonyl (C=O) groups excluding carboxylic acids is 1.